The molecule has 1 N–H and O–H groups in total. The van der Waals surface area contributed by atoms with E-state index in [1.165, 1.54) is 0 Å². The first-order chi connectivity index (χ1) is 8.31. The van der Waals surface area contributed by atoms with Gasteiger partial charge in [-0.05, 0) is 25.8 Å². The highest BCUT2D eigenvalue weighted by molar-refractivity contribution is 5.35. The smallest absolute Gasteiger partial charge is 0.125 e. The molecule has 94 valence electrons. The lowest BCUT2D eigenvalue weighted by Crippen LogP contribution is -2.12. The van der Waals surface area contributed by atoms with Crippen molar-refractivity contribution in [1.82, 2.24) is 0 Å². The maximum Gasteiger partial charge on any atom is 0.125 e. The summed E-state index contributed by atoms with van der Waals surface area (Å²) in [5.74, 6) is 0.778. The molecule has 1 saturated heterocycles. The molecule has 0 radical (unpaired) electrons. The summed E-state index contributed by atoms with van der Waals surface area (Å²) >= 11 is 0. The second kappa shape index (κ2) is 6.03. The Kier molecular flexibility index (Phi) is 4.40. The van der Waals surface area contributed by atoms with Crippen LogP contribution in [0.1, 0.15) is 37.9 Å². The van der Waals surface area contributed by atoms with Gasteiger partial charge in [0, 0.05) is 18.6 Å². The van der Waals surface area contributed by atoms with E-state index in [2.05, 4.69) is 0 Å². The first-order valence-corrected chi connectivity index (χ1v) is 6.32. The largest absolute Gasteiger partial charge is 0.493 e. The molecule has 1 aliphatic rings. The van der Waals surface area contributed by atoms with Gasteiger partial charge < -0.3 is 14.6 Å². The van der Waals surface area contributed by atoms with E-state index in [4.69, 9.17) is 9.47 Å². The van der Waals surface area contributed by atoms with Crippen LogP contribution in [0.15, 0.2) is 24.3 Å². The Morgan fingerprint density at radius 3 is 3.00 bits per heavy atom. The van der Waals surface area contributed by atoms with Crippen molar-refractivity contribution in [3.63, 3.8) is 0 Å². The van der Waals surface area contributed by atoms with Crippen molar-refractivity contribution in [3.8, 4) is 5.75 Å². The molecule has 1 fully saturated rings. The highest BCUT2D eigenvalue weighted by Gasteiger charge is 2.22. The second-order valence-electron chi connectivity index (χ2n) is 4.36. The van der Waals surface area contributed by atoms with Crippen LogP contribution in [-0.2, 0) is 4.74 Å². The summed E-state index contributed by atoms with van der Waals surface area (Å²) in [6, 6.07) is 7.67. The third-order valence-electron chi connectivity index (χ3n) is 3.09. The molecule has 17 heavy (non-hydrogen) atoms. The standard InChI is InChI=1S/C14H20O3/c1-2-16-14-8-4-3-7-12(14)13(15)10-11-6-5-9-17-11/h3-4,7-8,11,13,15H,2,5-6,9-10H2,1H3. The van der Waals surface area contributed by atoms with E-state index < -0.39 is 6.10 Å². The molecule has 0 aromatic heterocycles. The zero-order chi connectivity index (χ0) is 12.1. The summed E-state index contributed by atoms with van der Waals surface area (Å²) in [6.45, 7) is 3.39. The van der Waals surface area contributed by atoms with Gasteiger partial charge in [0.15, 0.2) is 0 Å². The summed E-state index contributed by atoms with van der Waals surface area (Å²) in [6.07, 6.45) is 2.50. The molecule has 0 aliphatic carbocycles. The van der Waals surface area contributed by atoms with E-state index in [0.29, 0.717) is 13.0 Å². The number of aliphatic hydroxyl groups excluding tert-OH is 1. The molecule has 1 aromatic carbocycles. The number of hydrogen-bond donors (Lipinski definition) is 1. The predicted octanol–water partition coefficient (Wildman–Crippen LogP) is 2.69. The molecule has 3 heteroatoms. The van der Waals surface area contributed by atoms with Crippen molar-refractivity contribution in [2.75, 3.05) is 13.2 Å². The Morgan fingerprint density at radius 1 is 1.47 bits per heavy atom. The van der Waals surface area contributed by atoms with Crippen molar-refractivity contribution in [1.29, 1.82) is 0 Å². The normalized spacial score (nSPS) is 21.4. The molecule has 3 nitrogen and oxygen atoms in total. The minimum absolute atomic E-state index is 0.194. The monoisotopic (exact) mass is 236 g/mol. The lowest BCUT2D eigenvalue weighted by Gasteiger charge is -2.18. The maximum atomic E-state index is 10.2. The molecule has 0 amide bonds. The van der Waals surface area contributed by atoms with Crippen molar-refractivity contribution in [2.24, 2.45) is 0 Å². The van der Waals surface area contributed by atoms with E-state index in [-0.39, 0.29) is 6.10 Å². The second-order valence-corrected chi connectivity index (χ2v) is 4.36. The van der Waals surface area contributed by atoms with Crippen LogP contribution in [0.25, 0.3) is 0 Å². The van der Waals surface area contributed by atoms with Gasteiger partial charge in [-0.15, -0.1) is 0 Å². The Labute approximate surface area is 102 Å². The number of para-hydroxylation sites is 1. The molecular weight excluding hydrogens is 216 g/mol. The van der Waals surface area contributed by atoms with Crippen LogP contribution in [0, 0.1) is 0 Å². The third kappa shape index (κ3) is 3.20. The van der Waals surface area contributed by atoms with Gasteiger partial charge in [0.05, 0.1) is 18.8 Å². The van der Waals surface area contributed by atoms with Gasteiger partial charge in [0.2, 0.25) is 0 Å². The number of aliphatic hydroxyl groups is 1. The molecule has 1 aliphatic heterocycles. The average molecular weight is 236 g/mol. The van der Waals surface area contributed by atoms with Crippen LogP contribution < -0.4 is 4.74 Å². The van der Waals surface area contributed by atoms with Gasteiger partial charge in [-0.3, -0.25) is 0 Å². The minimum Gasteiger partial charge on any atom is -0.493 e. The van der Waals surface area contributed by atoms with Crippen molar-refractivity contribution in [2.45, 2.75) is 38.4 Å². The Hall–Kier alpha value is -1.06. The molecule has 0 bridgehead atoms. The molecule has 2 atom stereocenters. The molecule has 1 aromatic rings. The van der Waals surface area contributed by atoms with E-state index in [1.54, 1.807) is 0 Å². The maximum absolute atomic E-state index is 10.2. The number of ether oxygens (including phenoxy) is 2. The topological polar surface area (TPSA) is 38.7 Å². The molecular formula is C14H20O3. The van der Waals surface area contributed by atoms with Gasteiger partial charge in [-0.2, -0.15) is 0 Å². The zero-order valence-electron chi connectivity index (χ0n) is 10.3. The van der Waals surface area contributed by atoms with Gasteiger partial charge in [-0.1, -0.05) is 18.2 Å². The summed E-state index contributed by atoms with van der Waals surface area (Å²) < 4.78 is 11.1. The average Bonchev–Trinajstić information content (AvgIpc) is 2.83. The fraction of sp³-hybridized carbons (Fsp3) is 0.571. The first kappa shape index (κ1) is 12.4. The molecule has 2 rings (SSSR count). The Balaban J connectivity index is 2.03. The van der Waals surface area contributed by atoms with E-state index in [9.17, 15) is 5.11 Å². The van der Waals surface area contributed by atoms with Gasteiger partial charge in [-0.25, -0.2) is 0 Å². The van der Waals surface area contributed by atoms with E-state index in [0.717, 1.165) is 30.8 Å². The summed E-state index contributed by atoms with van der Waals surface area (Å²) in [4.78, 5) is 0. The fourth-order valence-electron chi connectivity index (χ4n) is 2.25. The van der Waals surface area contributed by atoms with Crippen LogP contribution in [0.4, 0.5) is 0 Å². The van der Waals surface area contributed by atoms with Crippen molar-refractivity contribution < 1.29 is 14.6 Å². The van der Waals surface area contributed by atoms with Gasteiger partial charge in [0.25, 0.3) is 0 Å². The summed E-state index contributed by atoms with van der Waals surface area (Å²) in [7, 11) is 0. The van der Waals surface area contributed by atoms with Crippen LogP contribution in [-0.4, -0.2) is 24.4 Å². The Morgan fingerprint density at radius 2 is 2.29 bits per heavy atom. The van der Waals surface area contributed by atoms with Crippen LogP contribution >= 0.6 is 0 Å². The summed E-state index contributed by atoms with van der Waals surface area (Å²) in [5, 5.41) is 10.2. The summed E-state index contributed by atoms with van der Waals surface area (Å²) in [5.41, 5.74) is 0.866. The third-order valence-corrected chi connectivity index (χ3v) is 3.09. The molecule has 2 unspecified atom stereocenters. The minimum atomic E-state index is -0.499. The van der Waals surface area contributed by atoms with E-state index >= 15 is 0 Å². The fourth-order valence-corrected chi connectivity index (χ4v) is 2.25. The molecule has 1 heterocycles. The molecule has 0 saturated carbocycles. The number of rotatable bonds is 5. The lowest BCUT2D eigenvalue weighted by molar-refractivity contribution is 0.0524. The highest BCUT2D eigenvalue weighted by Crippen LogP contribution is 2.30. The van der Waals surface area contributed by atoms with Gasteiger partial charge in [0.1, 0.15) is 5.75 Å². The van der Waals surface area contributed by atoms with E-state index in [1.807, 2.05) is 31.2 Å². The number of benzene rings is 1. The zero-order valence-corrected chi connectivity index (χ0v) is 10.3. The SMILES string of the molecule is CCOc1ccccc1C(O)CC1CCCO1. The quantitative estimate of drug-likeness (QED) is 0.854. The van der Waals surface area contributed by atoms with Crippen LogP contribution in [0.5, 0.6) is 5.75 Å². The lowest BCUT2D eigenvalue weighted by atomic mass is 10.0. The van der Waals surface area contributed by atoms with Crippen LogP contribution in [0.2, 0.25) is 0 Å². The van der Waals surface area contributed by atoms with Crippen molar-refractivity contribution in [3.05, 3.63) is 29.8 Å². The first-order valence-electron chi connectivity index (χ1n) is 6.32. The number of hydrogen-bond acceptors (Lipinski definition) is 3. The van der Waals surface area contributed by atoms with Crippen LogP contribution in [0.3, 0.4) is 0 Å². The highest BCUT2D eigenvalue weighted by atomic mass is 16.5. The van der Waals surface area contributed by atoms with Gasteiger partial charge >= 0.3 is 0 Å². The molecule has 0 spiro atoms. The predicted molar refractivity (Wildman–Crippen MR) is 66.2 cm³/mol. The van der Waals surface area contributed by atoms with Crippen molar-refractivity contribution >= 4 is 0 Å². The Bertz CT molecular complexity index is 345.